The number of carboxylic acid groups (broad SMARTS) is 1. The van der Waals surface area contributed by atoms with Crippen LogP contribution in [0.5, 0.6) is 0 Å². The van der Waals surface area contributed by atoms with Crippen molar-refractivity contribution in [1.29, 1.82) is 0 Å². The van der Waals surface area contributed by atoms with Crippen molar-refractivity contribution < 1.29 is 9.90 Å². The van der Waals surface area contributed by atoms with E-state index in [-0.39, 0.29) is 6.54 Å². The summed E-state index contributed by atoms with van der Waals surface area (Å²) in [5.41, 5.74) is 0.426. The van der Waals surface area contributed by atoms with Gasteiger partial charge in [0.2, 0.25) is 0 Å². The summed E-state index contributed by atoms with van der Waals surface area (Å²) in [4.78, 5) is 13.0. The Morgan fingerprint density at radius 3 is 2.21 bits per heavy atom. The highest BCUT2D eigenvalue weighted by atomic mass is 16.4. The molecule has 0 spiro atoms. The first kappa shape index (κ1) is 16.5. The zero-order valence-electron chi connectivity index (χ0n) is 13.1. The normalized spacial score (nSPS) is 24.7. The summed E-state index contributed by atoms with van der Waals surface area (Å²) in [6, 6.07) is 0. The number of carbonyl (C=O) groups is 1. The minimum atomic E-state index is -0.697. The van der Waals surface area contributed by atoms with Crippen LogP contribution in [0.25, 0.3) is 0 Å². The molecule has 0 bridgehead atoms. The molecule has 0 aromatic carbocycles. The van der Waals surface area contributed by atoms with E-state index in [0.717, 1.165) is 25.4 Å². The van der Waals surface area contributed by atoms with E-state index >= 15 is 0 Å². The Morgan fingerprint density at radius 2 is 1.79 bits per heavy atom. The molecular weight excluding hydrogens is 238 g/mol. The number of nitrogens with zero attached hydrogens (tertiary/aromatic N) is 1. The zero-order valence-corrected chi connectivity index (χ0v) is 13.1. The minimum absolute atomic E-state index is 0.201. The van der Waals surface area contributed by atoms with Crippen LogP contribution in [-0.4, -0.2) is 35.6 Å². The van der Waals surface area contributed by atoms with Crippen LogP contribution in [0, 0.1) is 17.3 Å². The van der Waals surface area contributed by atoms with E-state index in [9.17, 15) is 4.79 Å². The molecule has 1 aliphatic rings. The van der Waals surface area contributed by atoms with Crippen LogP contribution in [0.1, 0.15) is 59.8 Å². The molecular formula is C16H31NO2. The van der Waals surface area contributed by atoms with Crippen molar-refractivity contribution in [2.24, 2.45) is 17.3 Å². The van der Waals surface area contributed by atoms with Gasteiger partial charge >= 0.3 is 5.97 Å². The van der Waals surface area contributed by atoms with E-state index in [0.29, 0.717) is 11.3 Å². The third kappa shape index (κ3) is 5.94. The van der Waals surface area contributed by atoms with E-state index in [4.69, 9.17) is 5.11 Å². The predicted octanol–water partition coefficient (Wildman–Crippen LogP) is 3.64. The minimum Gasteiger partial charge on any atom is -0.480 e. The van der Waals surface area contributed by atoms with Gasteiger partial charge in [-0.1, -0.05) is 27.7 Å². The van der Waals surface area contributed by atoms with Crippen molar-refractivity contribution >= 4 is 5.97 Å². The maximum Gasteiger partial charge on any atom is 0.317 e. The summed E-state index contributed by atoms with van der Waals surface area (Å²) in [5, 5.41) is 8.95. The number of hydrogen-bond donors (Lipinski definition) is 1. The molecule has 1 saturated carbocycles. The van der Waals surface area contributed by atoms with E-state index in [1.165, 1.54) is 25.7 Å². The Kier molecular flexibility index (Phi) is 6.31. The molecule has 3 heteroatoms. The van der Waals surface area contributed by atoms with Gasteiger partial charge in [0, 0.05) is 6.54 Å². The number of hydrogen-bond acceptors (Lipinski definition) is 2. The number of rotatable bonds is 6. The van der Waals surface area contributed by atoms with Gasteiger partial charge in [-0.2, -0.15) is 0 Å². The number of carboxylic acids is 1. The molecule has 0 atom stereocenters. The SMILES string of the molecule is CCCN(CC(=O)O)CC1CCC(C(C)(C)C)CC1. The van der Waals surface area contributed by atoms with Crippen LogP contribution in [0.15, 0.2) is 0 Å². The van der Waals surface area contributed by atoms with Gasteiger partial charge in [0.05, 0.1) is 6.54 Å². The highest BCUT2D eigenvalue weighted by molar-refractivity contribution is 5.69. The van der Waals surface area contributed by atoms with Crippen molar-refractivity contribution in [1.82, 2.24) is 4.90 Å². The Balaban J connectivity index is 2.39. The van der Waals surface area contributed by atoms with Crippen LogP contribution in [0.3, 0.4) is 0 Å². The van der Waals surface area contributed by atoms with Gasteiger partial charge in [0.15, 0.2) is 0 Å². The predicted molar refractivity (Wildman–Crippen MR) is 79.3 cm³/mol. The van der Waals surface area contributed by atoms with Crippen molar-refractivity contribution in [3.63, 3.8) is 0 Å². The molecule has 0 amide bonds. The van der Waals surface area contributed by atoms with Crippen molar-refractivity contribution in [3.8, 4) is 0 Å². The standard InChI is InChI=1S/C16H31NO2/c1-5-10-17(12-15(18)19)11-13-6-8-14(9-7-13)16(2,3)4/h13-14H,5-12H2,1-4H3,(H,18,19). The molecule has 0 aromatic rings. The molecule has 0 unspecified atom stereocenters. The third-order valence-electron chi connectivity index (χ3n) is 4.49. The van der Waals surface area contributed by atoms with Gasteiger partial charge in [-0.25, -0.2) is 0 Å². The zero-order chi connectivity index (χ0) is 14.5. The van der Waals surface area contributed by atoms with E-state index in [2.05, 4.69) is 32.6 Å². The van der Waals surface area contributed by atoms with Gasteiger partial charge in [0.25, 0.3) is 0 Å². The maximum absolute atomic E-state index is 10.9. The molecule has 1 aliphatic carbocycles. The molecule has 0 saturated heterocycles. The summed E-state index contributed by atoms with van der Waals surface area (Å²) in [6.45, 7) is 11.2. The first-order valence-corrected chi connectivity index (χ1v) is 7.77. The third-order valence-corrected chi connectivity index (χ3v) is 4.49. The van der Waals surface area contributed by atoms with Crippen LogP contribution in [0.2, 0.25) is 0 Å². The van der Waals surface area contributed by atoms with Gasteiger partial charge in [-0.05, 0) is 55.9 Å². The lowest BCUT2D eigenvalue weighted by Gasteiger charge is -2.38. The largest absolute Gasteiger partial charge is 0.480 e. The second-order valence-electron chi connectivity index (χ2n) is 7.21. The van der Waals surface area contributed by atoms with Crippen molar-refractivity contribution in [3.05, 3.63) is 0 Å². The van der Waals surface area contributed by atoms with Crippen LogP contribution in [-0.2, 0) is 4.79 Å². The Morgan fingerprint density at radius 1 is 1.21 bits per heavy atom. The molecule has 1 fully saturated rings. The fourth-order valence-corrected chi connectivity index (χ4v) is 3.32. The lowest BCUT2D eigenvalue weighted by Crippen LogP contribution is -2.37. The lowest BCUT2D eigenvalue weighted by molar-refractivity contribution is -0.138. The first-order valence-electron chi connectivity index (χ1n) is 7.77. The van der Waals surface area contributed by atoms with Gasteiger partial charge in [0.1, 0.15) is 0 Å². The molecule has 1 N–H and O–H groups in total. The van der Waals surface area contributed by atoms with Gasteiger partial charge in [-0.15, -0.1) is 0 Å². The maximum atomic E-state index is 10.9. The number of aliphatic carboxylic acids is 1. The molecule has 112 valence electrons. The molecule has 19 heavy (non-hydrogen) atoms. The lowest BCUT2D eigenvalue weighted by atomic mass is 9.70. The molecule has 0 aromatic heterocycles. The summed E-state index contributed by atoms with van der Waals surface area (Å²) >= 11 is 0. The first-order chi connectivity index (χ1) is 8.82. The second kappa shape index (κ2) is 7.28. The quantitative estimate of drug-likeness (QED) is 0.800. The summed E-state index contributed by atoms with van der Waals surface area (Å²) in [7, 11) is 0. The molecule has 0 heterocycles. The van der Waals surface area contributed by atoms with Crippen molar-refractivity contribution in [2.45, 2.75) is 59.8 Å². The molecule has 3 nitrogen and oxygen atoms in total. The Labute approximate surface area is 118 Å². The highest BCUT2D eigenvalue weighted by Gasteiger charge is 2.30. The summed E-state index contributed by atoms with van der Waals surface area (Å²) in [6.07, 6.45) is 6.18. The Hall–Kier alpha value is -0.570. The average molecular weight is 269 g/mol. The van der Waals surface area contributed by atoms with E-state index in [1.54, 1.807) is 0 Å². The fourth-order valence-electron chi connectivity index (χ4n) is 3.32. The monoisotopic (exact) mass is 269 g/mol. The van der Waals surface area contributed by atoms with Gasteiger partial charge in [-0.3, -0.25) is 9.69 Å². The van der Waals surface area contributed by atoms with Crippen LogP contribution >= 0.6 is 0 Å². The van der Waals surface area contributed by atoms with E-state index in [1.807, 2.05) is 0 Å². The van der Waals surface area contributed by atoms with E-state index < -0.39 is 5.97 Å². The summed E-state index contributed by atoms with van der Waals surface area (Å²) in [5.74, 6) is 0.837. The van der Waals surface area contributed by atoms with Crippen LogP contribution < -0.4 is 0 Å². The van der Waals surface area contributed by atoms with Gasteiger partial charge < -0.3 is 5.11 Å². The second-order valence-corrected chi connectivity index (χ2v) is 7.21. The highest BCUT2D eigenvalue weighted by Crippen LogP contribution is 2.39. The Bertz CT molecular complexity index is 275. The van der Waals surface area contributed by atoms with Crippen molar-refractivity contribution in [2.75, 3.05) is 19.6 Å². The topological polar surface area (TPSA) is 40.5 Å². The smallest absolute Gasteiger partial charge is 0.317 e. The molecule has 0 radical (unpaired) electrons. The molecule has 1 rings (SSSR count). The fraction of sp³-hybridized carbons (Fsp3) is 0.938. The molecule has 0 aliphatic heterocycles. The summed E-state index contributed by atoms with van der Waals surface area (Å²) < 4.78 is 0. The average Bonchev–Trinajstić information content (AvgIpc) is 2.28. The van der Waals surface area contributed by atoms with Crippen LogP contribution in [0.4, 0.5) is 0 Å².